The Balaban J connectivity index is 3.95. The summed E-state index contributed by atoms with van der Waals surface area (Å²) < 4.78 is 5.39. The highest BCUT2D eigenvalue weighted by atomic mass is 16.5. The minimum Gasteiger partial charge on any atom is -0.465 e. The molecular weight excluding hydrogens is 308 g/mol. The fraction of sp³-hybridized carbons (Fsp3) is 0.957. The Hall–Kier alpha value is -0.530. The first-order chi connectivity index (χ1) is 12.0. The lowest BCUT2D eigenvalue weighted by Crippen LogP contribution is -2.25. The molecule has 0 radical (unpaired) electrons. The number of ether oxygens (including phenoxy) is 1. The number of carbonyl (C=O) groups excluding carboxylic acids is 1. The first-order valence-corrected chi connectivity index (χ1v) is 11.2. The monoisotopic (exact) mass is 354 g/mol. The van der Waals surface area contributed by atoms with Gasteiger partial charge in [0.15, 0.2) is 0 Å². The highest BCUT2D eigenvalue weighted by molar-refractivity contribution is 5.65. The molecule has 0 saturated heterocycles. The van der Waals surface area contributed by atoms with Gasteiger partial charge in [-0.1, -0.05) is 111 Å². The van der Waals surface area contributed by atoms with Gasteiger partial charge in [-0.15, -0.1) is 0 Å². The normalized spacial score (nSPS) is 13.6. The highest BCUT2D eigenvalue weighted by Gasteiger charge is 2.24. The minimum absolute atomic E-state index is 0.134. The molecule has 0 aliphatic rings. The molecule has 0 saturated carbocycles. The molecule has 0 rings (SSSR count). The molecule has 0 heterocycles. The minimum atomic E-state index is -0.134. The van der Waals surface area contributed by atoms with Gasteiger partial charge in [-0.3, -0.25) is 4.79 Å². The molecule has 25 heavy (non-hydrogen) atoms. The van der Waals surface area contributed by atoms with E-state index in [0.717, 1.165) is 0 Å². The Morgan fingerprint density at radius 1 is 0.680 bits per heavy atom. The lowest BCUT2D eigenvalue weighted by atomic mass is 9.80. The zero-order valence-corrected chi connectivity index (χ0v) is 17.8. The molecular formula is C23H46O2. The molecule has 0 bridgehead atoms. The summed E-state index contributed by atoms with van der Waals surface area (Å²) in [7, 11) is 0. The van der Waals surface area contributed by atoms with Crippen molar-refractivity contribution in [1.29, 1.82) is 0 Å². The molecule has 0 N–H and O–H groups in total. The largest absolute Gasteiger partial charge is 0.465 e. The van der Waals surface area contributed by atoms with E-state index in [1.165, 1.54) is 110 Å². The maximum Gasteiger partial charge on any atom is 0.302 e. The Labute approximate surface area is 158 Å². The lowest BCUT2D eigenvalue weighted by molar-refractivity contribution is -0.144. The summed E-state index contributed by atoms with van der Waals surface area (Å²) in [6.45, 7) is 8.99. The fourth-order valence-corrected chi connectivity index (χ4v) is 3.56. The van der Waals surface area contributed by atoms with Gasteiger partial charge in [0.1, 0.15) is 0 Å². The van der Waals surface area contributed by atoms with Crippen LogP contribution < -0.4 is 0 Å². The third kappa shape index (κ3) is 16.7. The quantitative estimate of drug-likeness (QED) is 0.185. The lowest BCUT2D eigenvalue weighted by Gasteiger charge is -2.29. The smallest absolute Gasteiger partial charge is 0.302 e. The van der Waals surface area contributed by atoms with Crippen molar-refractivity contribution in [3.63, 3.8) is 0 Å². The van der Waals surface area contributed by atoms with Crippen LogP contribution in [0, 0.1) is 5.41 Å². The van der Waals surface area contributed by atoms with Crippen LogP contribution in [0.2, 0.25) is 0 Å². The van der Waals surface area contributed by atoms with Crippen LogP contribution in [0.25, 0.3) is 0 Å². The van der Waals surface area contributed by atoms with E-state index in [2.05, 4.69) is 20.8 Å². The van der Waals surface area contributed by atoms with Crippen LogP contribution in [-0.4, -0.2) is 12.6 Å². The maximum absolute atomic E-state index is 11.2. The third-order valence-electron chi connectivity index (χ3n) is 5.39. The zero-order chi connectivity index (χ0) is 18.8. The van der Waals surface area contributed by atoms with Crippen LogP contribution in [0.15, 0.2) is 0 Å². The Bertz CT molecular complexity index is 300. The summed E-state index contributed by atoms with van der Waals surface area (Å²) in [6, 6.07) is 0. The number of hydrogen-bond acceptors (Lipinski definition) is 2. The fourth-order valence-electron chi connectivity index (χ4n) is 3.56. The molecule has 150 valence electrons. The maximum atomic E-state index is 11.2. The number of unbranched alkanes of at least 4 members (excludes halogenated alkanes) is 12. The summed E-state index contributed by atoms with van der Waals surface area (Å²) in [5, 5.41) is 0. The zero-order valence-electron chi connectivity index (χ0n) is 17.8. The number of esters is 1. The van der Waals surface area contributed by atoms with Crippen LogP contribution >= 0.6 is 0 Å². The van der Waals surface area contributed by atoms with Gasteiger partial charge in [0, 0.05) is 12.3 Å². The summed E-state index contributed by atoms with van der Waals surface area (Å²) in [6.07, 6.45) is 21.3. The topological polar surface area (TPSA) is 26.3 Å². The molecule has 0 aromatic carbocycles. The Kier molecular flexibility index (Phi) is 16.6. The van der Waals surface area contributed by atoms with E-state index in [0.29, 0.717) is 6.61 Å². The summed E-state index contributed by atoms with van der Waals surface area (Å²) >= 11 is 0. The van der Waals surface area contributed by atoms with Gasteiger partial charge in [-0.05, 0) is 12.8 Å². The van der Waals surface area contributed by atoms with Gasteiger partial charge in [-0.2, -0.15) is 0 Å². The van der Waals surface area contributed by atoms with Gasteiger partial charge >= 0.3 is 5.97 Å². The molecule has 1 atom stereocenters. The summed E-state index contributed by atoms with van der Waals surface area (Å²) in [5.74, 6) is -0.134. The molecule has 1 unspecified atom stereocenters. The van der Waals surface area contributed by atoms with E-state index in [1.54, 1.807) is 0 Å². The molecule has 0 amide bonds. The number of carbonyl (C=O) groups is 1. The molecule has 2 heteroatoms. The summed E-state index contributed by atoms with van der Waals surface area (Å²) in [4.78, 5) is 11.2. The molecule has 0 aromatic heterocycles. The second-order valence-electron chi connectivity index (χ2n) is 8.33. The van der Waals surface area contributed by atoms with Gasteiger partial charge in [-0.25, -0.2) is 0 Å². The van der Waals surface area contributed by atoms with Crippen molar-refractivity contribution in [2.75, 3.05) is 6.61 Å². The van der Waals surface area contributed by atoms with E-state index < -0.39 is 0 Å². The average Bonchev–Trinajstić information content (AvgIpc) is 2.59. The first kappa shape index (κ1) is 24.5. The van der Waals surface area contributed by atoms with Crippen molar-refractivity contribution in [3.8, 4) is 0 Å². The average molecular weight is 355 g/mol. The SMILES string of the molecule is CCCCCCCCCCC(C)(CCCCCCCC)COC(C)=O. The van der Waals surface area contributed by atoms with Gasteiger partial charge in [0.25, 0.3) is 0 Å². The van der Waals surface area contributed by atoms with Crippen molar-refractivity contribution in [2.24, 2.45) is 5.41 Å². The van der Waals surface area contributed by atoms with Crippen LogP contribution in [-0.2, 0) is 9.53 Å². The van der Waals surface area contributed by atoms with E-state index in [-0.39, 0.29) is 11.4 Å². The third-order valence-corrected chi connectivity index (χ3v) is 5.39. The van der Waals surface area contributed by atoms with Crippen molar-refractivity contribution in [1.82, 2.24) is 0 Å². The Morgan fingerprint density at radius 3 is 1.40 bits per heavy atom. The van der Waals surface area contributed by atoms with Gasteiger partial charge < -0.3 is 4.74 Å². The van der Waals surface area contributed by atoms with Crippen LogP contribution in [0.1, 0.15) is 130 Å². The predicted octanol–water partition coefficient (Wildman–Crippen LogP) is 7.84. The van der Waals surface area contributed by atoms with E-state index in [9.17, 15) is 4.79 Å². The highest BCUT2D eigenvalue weighted by Crippen LogP contribution is 2.32. The molecule has 0 aromatic rings. The molecule has 0 fully saturated rings. The first-order valence-electron chi connectivity index (χ1n) is 11.2. The standard InChI is InChI=1S/C23H46O2/c1-5-7-9-11-13-14-16-18-20-23(4,21-25-22(3)24)19-17-15-12-10-8-6-2/h5-21H2,1-4H3. The van der Waals surface area contributed by atoms with Crippen LogP contribution in [0.5, 0.6) is 0 Å². The number of hydrogen-bond donors (Lipinski definition) is 0. The van der Waals surface area contributed by atoms with Gasteiger partial charge in [0.05, 0.1) is 6.61 Å². The van der Waals surface area contributed by atoms with E-state index >= 15 is 0 Å². The van der Waals surface area contributed by atoms with Crippen molar-refractivity contribution >= 4 is 5.97 Å². The molecule has 2 nitrogen and oxygen atoms in total. The second kappa shape index (κ2) is 16.9. The summed E-state index contributed by atoms with van der Waals surface area (Å²) in [5.41, 5.74) is 0.179. The van der Waals surface area contributed by atoms with Crippen molar-refractivity contribution < 1.29 is 9.53 Å². The van der Waals surface area contributed by atoms with E-state index in [4.69, 9.17) is 4.74 Å². The Morgan fingerprint density at radius 2 is 1.04 bits per heavy atom. The molecule has 0 aliphatic carbocycles. The predicted molar refractivity (Wildman–Crippen MR) is 110 cm³/mol. The second-order valence-corrected chi connectivity index (χ2v) is 8.33. The van der Waals surface area contributed by atoms with Crippen LogP contribution in [0.3, 0.4) is 0 Å². The van der Waals surface area contributed by atoms with E-state index in [1.807, 2.05) is 0 Å². The van der Waals surface area contributed by atoms with Crippen molar-refractivity contribution in [2.45, 2.75) is 130 Å². The molecule has 0 spiro atoms. The van der Waals surface area contributed by atoms with Crippen molar-refractivity contribution in [3.05, 3.63) is 0 Å². The van der Waals surface area contributed by atoms with Gasteiger partial charge in [0.2, 0.25) is 0 Å². The number of rotatable bonds is 18. The van der Waals surface area contributed by atoms with Crippen LogP contribution in [0.4, 0.5) is 0 Å². The molecule has 0 aliphatic heterocycles.